The van der Waals surface area contributed by atoms with Crippen molar-refractivity contribution in [3.05, 3.63) is 113 Å². The summed E-state index contributed by atoms with van der Waals surface area (Å²) in [5.74, 6) is 0.304. The first kappa shape index (κ1) is 35.4. The molecule has 0 bridgehead atoms. The number of urea groups is 1. The van der Waals surface area contributed by atoms with E-state index in [0.29, 0.717) is 31.0 Å². The molecule has 0 spiro atoms. The van der Waals surface area contributed by atoms with Crippen LogP contribution in [0.1, 0.15) is 76.1 Å². The molecule has 4 aromatic rings. The molecule has 0 saturated heterocycles. The van der Waals surface area contributed by atoms with Crippen LogP contribution >= 0.6 is 0 Å². The predicted octanol–water partition coefficient (Wildman–Crippen LogP) is 8.33. The highest BCUT2D eigenvalue weighted by Crippen LogP contribution is 2.23. The van der Waals surface area contributed by atoms with Crippen LogP contribution in [0.15, 0.2) is 96.0 Å². The molecule has 2 amide bonds. The van der Waals surface area contributed by atoms with Crippen LogP contribution in [0, 0.1) is 5.41 Å². The third-order valence-corrected chi connectivity index (χ3v) is 9.46. The highest BCUT2D eigenvalue weighted by molar-refractivity contribution is 7.92. The molecule has 3 N–H and O–H groups in total. The zero-order chi connectivity index (χ0) is 34.0. The van der Waals surface area contributed by atoms with Gasteiger partial charge >= 0.3 is 6.03 Å². The average molecular weight is 654 g/mol. The van der Waals surface area contributed by atoms with E-state index in [1.54, 1.807) is 24.3 Å². The first-order valence-corrected chi connectivity index (χ1v) is 17.8. The molecule has 8 nitrogen and oxygen atoms in total. The van der Waals surface area contributed by atoms with Gasteiger partial charge < -0.3 is 5.32 Å². The fourth-order valence-electron chi connectivity index (χ4n) is 5.25. The number of aryl methyl sites for hydroxylation is 2. The average Bonchev–Trinajstić information content (AvgIpc) is 3.05. The fraction of sp³-hybridized carbons (Fsp3) is 0.342. The van der Waals surface area contributed by atoms with Crippen molar-refractivity contribution in [2.75, 3.05) is 11.3 Å². The molecule has 0 fully saturated rings. The van der Waals surface area contributed by atoms with Crippen molar-refractivity contribution in [3.8, 4) is 11.3 Å². The quantitative estimate of drug-likeness (QED) is 0.0994. The summed E-state index contributed by atoms with van der Waals surface area (Å²) in [4.78, 5) is 19.0. The number of pyridine rings is 1. The Kier molecular flexibility index (Phi) is 11.9. The first-order valence-electron chi connectivity index (χ1n) is 16.3. The second-order valence-electron chi connectivity index (χ2n) is 12.8. The molecule has 1 heterocycles. The van der Waals surface area contributed by atoms with Gasteiger partial charge in [-0.1, -0.05) is 94.8 Å². The molecule has 3 aromatic carbocycles. The Bertz CT molecular complexity index is 1730. The molecular weight excluding hydrogens is 607 g/mol. The molecule has 9 heteroatoms. The van der Waals surface area contributed by atoms with E-state index >= 15 is 0 Å². The van der Waals surface area contributed by atoms with E-state index in [1.165, 1.54) is 16.7 Å². The number of sulfonamides is 1. The SMILES string of the molecule is CCCc1ccc(S(=O)(=O)Nc2ccc(-c3ccc(CCCC(=N)N(CC)C(=O)NCc4ccc(C(C)(C)C)cc4)cc3)nc2)cc1. The van der Waals surface area contributed by atoms with E-state index in [-0.39, 0.29) is 16.3 Å². The number of benzene rings is 3. The molecule has 0 aliphatic carbocycles. The molecule has 1 aromatic heterocycles. The lowest BCUT2D eigenvalue weighted by Crippen LogP contribution is -2.43. The number of amides is 2. The van der Waals surface area contributed by atoms with Gasteiger partial charge in [0.15, 0.2) is 0 Å². The summed E-state index contributed by atoms with van der Waals surface area (Å²) in [6.07, 6.45) is 5.45. The maximum atomic E-state index is 12.8. The molecule has 0 unspecified atom stereocenters. The highest BCUT2D eigenvalue weighted by Gasteiger charge is 2.17. The molecular formula is C38H47N5O3S. The molecule has 0 aliphatic heterocycles. The number of carbonyl (C=O) groups is 1. The van der Waals surface area contributed by atoms with E-state index in [0.717, 1.165) is 53.6 Å². The van der Waals surface area contributed by atoms with Crippen LogP contribution in [0.2, 0.25) is 0 Å². The van der Waals surface area contributed by atoms with Crippen molar-refractivity contribution >= 4 is 27.6 Å². The topological polar surface area (TPSA) is 115 Å². The summed E-state index contributed by atoms with van der Waals surface area (Å²) in [5.41, 5.74) is 6.65. The summed E-state index contributed by atoms with van der Waals surface area (Å²) in [7, 11) is -3.71. The van der Waals surface area contributed by atoms with Crippen LogP contribution in [-0.2, 0) is 34.8 Å². The number of amidine groups is 1. The highest BCUT2D eigenvalue weighted by atomic mass is 32.2. The van der Waals surface area contributed by atoms with E-state index in [2.05, 4.69) is 54.9 Å². The predicted molar refractivity (Wildman–Crippen MR) is 191 cm³/mol. The van der Waals surface area contributed by atoms with Crippen molar-refractivity contribution in [2.24, 2.45) is 0 Å². The minimum absolute atomic E-state index is 0.0796. The number of nitrogens with zero attached hydrogens (tertiary/aromatic N) is 2. The van der Waals surface area contributed by atoms with Crippen molar-refractivity contribution in [3.63, 3.8) is 0 Å². The second-order valence-corrected chi connectivity index (χ2v) is 14.5. The molecule has 0 aliphatic rings. The van der Waals surface area contributed by atoms with Gasteiger partial charge in [-0.2, -0.15) is 0 Å². The van der Waals surface area contributed by atoms with E-state index in [9.17, 15) is 13.2 Å². The first-order chi connectivity index (χ1) is 22.4. The minimum atomic E-state index is -3.71. The van der Waals surface area contributed by atoms with Crippen LogP contribution < -0.4 is 10.0 Å². The van der Waals surface area contributed by atoms with Crippen molar-refractivity contribution in [1.82, 2.24) is 15.2 Å². The van der Waals surface area contributed by atoms with Crippen molar-refractivity contribution < 1.29 is 13.2 Å². The maximum Gasteiger partial charge on any atom is 0.323 e. The molecule has 47 heavy (non-hydrogen) atoms. The lowest BCUT2D eigenvalue weighted by Gasteiger charge is -2.22. The van der Waals surface area contributed by atoms with Crippen LogP contribution in [0.5, 0.6) is 0 Å². The fourth-order valence-corrected chi connectivity index (χ4v) is 6.30. The van der Waals surface area contributed by atoms with Crippen LogP contribution in [0.3, 0.4) is 0 Å². The summed E-state index contributed by atoms with van der Waals surface area (Å²) in [6, 6.07) is 26.5. The van der Waals surface area contributed by atoms with Gasteiger partial charge in [0.1, 0.15) is 5.84 Å². The molecule has 0 radical (unpaired) electrons. The van der Waals surface area contributed by atoms with Crippen molar-refractivity contribution in [2.45, 2.75) is 83.6 Å². The monoisotopic (exact) mass is 653 g/mol. The lowest BCUT2D eigenvalue weighted by molar-refractivity contribution is 0.221. The number of aromatic nitrogens is 1. The van der Waals surface area contributed by atoms with Crippen LogP contribution in [-0.4, -0.2) is 36.7 Å². The van der Waals surface area contributed by atoms with Gasteiger partial charge in [0.05, 0.1) is 22.5 Å². The standard InChI is InChI=1S/C38H47N5O3S/c1-6-9-28-16-23-34(24-17-28)47(45,46)42-33-22-25-35(40-27-33)31-18-12-29(13-19-31)10-8-11-36(39)43(7-2)37(44)41-26-30-14-20-32(21-15-30)38(3,4)5/h12-25,27,39,42H,6-11,26H2,1-5H3,(H,41,44). The zero-order valence-electron chi connectivity index (χ0n) is 28.1. The summed E-state index contributed by atoms with van der Waals surface area (Å²) < 4.78 is 28.3. The third-order valence-electron chi connectivity index (χ3n) is 8.07. The summed E-state index contributed by atoms with van der Waals surface area (Å²) >= 11 is 0. The second kappa shape index (κ2) is 15.9. The third kappa shape index (κ3) is 9.99. The zero-order valence-corrected chi connectivity index (χ0v) is 29.0. The summed E-state index contributed by atoms with van der Waals surface area (Å²) in [6.45, 7) is 11.3. The Morgan fingerprint density at radius 3 is 2.02 bits per heavy atom. The molecule has 248 valence electrons. The van der Waals surface area contributed by atoms with Gasteiger partial charge in [-0.05, 0) is 78.1 Å². The van der Waals surface area contributed by atoms with Gasteiger partial charge in [-0.15, -0.1) is 0 Å². The number of hydrogen-bond donors (Lipinski definition) is 3. The Hall–Kier alpha value is -4.50. The molecule has 0 atom stereocenters. The van der Waals surface area contributed by atoms with Gasteiger partial charge in [0.2, 0.25) is 0 Å². The number of anilines is 1. The molecule has 4 rings (SSSR count). The Labute approximate surface area is 280 Å². The molecule has 0 saturated carbocycles. The Balaban J connectivity index is 1.24. The van der Waals surface area contributed by atoms with Crippen LogP contribution in [0.4, 0.5) is 10.5 Å². The number of carbonyl (C=O) groups excluding carboxylic acids is 1. The normalized spacial score (nSPS) is 11.6. The Morgan fingerprint density at radius 1 is 0.830 bits per heavy atom. The number of rotatable bonds is 13. The Morgan fingerprint density at radius 2 is 1.45 bits per heavy atom. The summed E-state index contributed by atoms with van der Waals surface area (Å²) in [5, 5.41) is 11.5. The van der Waals surface area contributed by atoms with Gasteiger partial charge in [0, 0.05) is 25.1 Å². The van der Waals surface area contributed by atoms with Crippen molar-refractivity contribution in [1.29, 1.82) is 5.41 Å². The van der Waals surface area contributed by atoms with Crippen LogP contribution in [0.25, 0.3) is 11.3 Å². The van der Waals surface area contributed by atoms with Gasteiger partial charge in [-0.25, -0.2) is 13.2 Å². The smallest absolute Gasteiger partial charge is 0.323 e. The van der Waals surface area contributed by atoms with E-state index in [1.807, 2.05) is 55.5 Å². The number of hydrogen-bond acceptors (Lipinski definition) is 5. The number of nitrogens with one attached hydrogen (secondary N) is 3. The largest absolute Gasteiger partial charge is 0.334 e. The van der Waals surface area contributed by atoms with Gasteiger partial charge in [0.25, 0.3) is 10.0 Å². The van der Waals surface area contributed by atoms with E-state index < -0.39 is 10.0 Å². The minimum Gasteiger partial charge on any atom is -0.334 e. The van der Waals surface area contributed by atoms with E-state index in [4.69, 9.17) is 5.41 Å². The van der Waals surface area contributed by atoms with Gasteiger partial charge in [-0.3, -0.25) is 20.0 Å². The maximum absolute atomic E-state index is 12.8. The lowest BCUT2D eigenvalue weighted by atomic mass is 9.87.